The maximum atomic E-state index is 1.80. The van der Waals surface area contributed by atoms with Crippen LogP contribution < -0.4 is 0 Å². The minimum Gasteiger partial charge on any atom is -0.0530 e. The Labute approximate surface area is 284 Å². The van der Waals surface area contributed by atoms with Gasteiger partial charge in [0, 0.05) is 0 Å². The second-order valence-corrected chi connectivity index (χ2v) is 24.1. The SMILES string of the molecule is C1CCC2C3CC4CCC5C6C7C8C9CC%10C%11CCCC%12%13C(C4C5%12C6C7C8C%109)C4C5C3C23CCCC(C1)C1CCCC53C4%13CCCC1%11. The van der Waals surface area contributed by atoms with Gasteiger partial charge in [0.1, 0.15) is 0 Å². The molecule has 17 aliphatic carbocycles. The highest BCUT2D eigenvalue weighted by Crippen LogP contribution is 3.12. The molecule has 0 aromatic heterocycles. The summed E-state index contributed by atoms with van der Waals surface area (Å²) in [6.07, 6.45) is 34.3. The monoisotopic (exact) mass is 626 g/mol. The summed E-state index contributed by atoms with van der Waals surface area (Å²) >= 11 is 0. The van der Waals surface area contributed by atoms with Gasteiger partial charge in [-0.2, -0.15) is 0 Å². The van der Waals surface area contributed by atoms with Crippen LogP contribution in [0.3, 0.4) is 0 Å². The Bertz CT molecular complexity index is 1590. The zero-order chi connectivity index (χ0) is 29.3. The van der Waals surface area contributed by atoms with Gasteiger partial charge in [-0.1, -0.05) is 51.4 Å². The van der Waals surface area contributed by atoms with Crippen molar-refractivity contribution in [1.82, 2.24) is 0 Å². The van der Waals surface area contributed by atoms with Crippen LogP contribution in [0.2, 0.25) is 0 Å². The van der Waals surface area contributed by atoms with Crippen molar-refractivity contribution in [1.29, 1.82) is 0 Å². The third-order valence-corrected chi connectivity index (χ3v) is 26.4. The van der Waals surface area contributed by atoms with Crippen molar-refractivity contribution >= 4 is 0 Å². The van der Waals surface area contributed by atoms with Crippen molar-refractivity contribution in [3.05, 3.63) is 0 Å². The number of hydrogen-bond acceptors (Lipinski definition) is 0. The minimum atomic E-state index is 0.848. The van der Waals surface area contributed by atoms with Gasteiger partial charge in [-0.3, -0.25) is 0 Å². The predicted molar refractivity (Wildman–Crippen MR) is 181 cm³/mol. The fraction of sp³-hybridized carbons (Fsp3) is 1.00. The summed E-state index contributed by atoms with van der Waals surface area (Å²) in [5, 5.41) is 0. The Balaban J connectivity index is 0.992. The van der Waals surface area contributed by atoms with E-state index >= 15 is 0 Å². The van der Waals surface area contributed by atoms with Gasteiger partial charge in [0.25, 0.3) is 0 Å². The fourth-order valence-electron chi connectivity index (χ4n) is 27.8. The quantitative estimate of drug-likeness (QED) is 0.251. The molecule has 47 heavy (non-hydrogen) atoms. The normalized spacial score (nSPS) is 81.2. The van der Waals surface area contributed by atoms with E-state index in [0.29, 0.717) is 0 Å². The van der Waals surface area contributed by atoms with Crippen LogP contribution in [0.4, 0.5) is 0 Å². The molecule has 17 fully saturated rings. The van der Waals surface area contributed by atoms with E-state index in [1.165, 1.54) is 107 Å². The van der Waals surface area contributed by atoms with E-state index in [-0.39, 0.29) is 0 Å². The zero-order valence-electron chi connectivity index (χ0n) is 29.3. The molecule has 27 unspecified atom stereocenters. The van der Waals surface area contributed by atoms with Gasteiger partial charge in [0.05, 0.1) is 0 Å². The van der Waals surface area contributed by atoms with Gasteiger partial charge in [0.15, 0.2) is 0 Å². The highest BCUT2D eigenvalue weighted by molar-refractivity contribution is 5.55. The van der Waals surface area contributed by atoms with Crippen LogP contribution in [0.1, 0.15) is 128 Å². The maximum Gasteiger partial charge on any atom is -0.0133 e. The Kier molecular flexibility index (Phi) is 3.69. The summed E-state index contributed by atoms with van der Waals surface area (Å²) in [6.45, 7) is 0. The van der Waals surface area contributed by atoms with Crippen molar-refractivity contribution < 1.29 is 0 Å². The summed E-state index contributed by atoms with van der Waals surface area (Å²) in [5.41, 5.74) is 4.32. The van der Waals surface area contributed by atoms with Crippen LogP contribution in [-0.2, 0) is 0 Å². The first-order valence-electron chi connectivity index (χ1n) is 23.3. The molecule has 0 aliphatic heterocycles. The smallest absolute Gasteiger partial charge is 0.0133 e. The molecule has 0 nitrogen and oxygen atoms in total. The van der Waals surface area contributed by atoms with E-state index in [4.69, 9.17) is 0 Å². The average Bonchev–Trinajstić information content (AvgIpc) is 3.07. The van der Waals surface area contributed by atoms with Gasteiger partial charge in [0.2, 0.25) is 0 Å². The Morgan fingerprint density at radius 1 is 0.319 bits per heavy atom. The highest BCUT2D eigenvalue weighted by atomic mass is 15.1. The Morgan fingerprint density at radius 2 is 1.04 bits per heavy atom. The first-order valence-corrected chi connectivity index (χ1v) is 23.3. The third-order valence-electron chi connectivity index (χ3n) is 26.4. The van der Waals surface area contributed by atoms with E-state index in [1.807, 2.05) is 0 Å². The summed E-state index contributed by atoms with van der Waals surface area (Å²) in [4.78, 5) is 0. The molecule has 5 spiro atoms. The van der Waals surface area contributed by atoms with E-state index < -0.39 is 0 Å². The standard InChI is InChI=1S/C47H62/c1-2-12-29-27-19-22-13-14-30-33-35-32-28-20-26-25-11-6-18-46-40(37(22)47(30,46)39(33)36(35)34(32)31(26)28)42-41-38(27)43(29)15-3-8-21(7-1)23-9-4-16-44(41,43)45(42,46)17-5-10-24(23)25/h21-42H,1-20H2. The molecule has 17 rings (SSSR count). The molecular formula is C47H62. The van der Waals surface area contributed by atoms with Crippen LogP contribution in [0.25, 0.3) is 0 Å². The molecule has 0 aromatic carbocycles. The number of fused-ring (bicyclic) bond motifs is 21. The predicted octanol–water partition coefficient (Wildman–Crippen LogP) is 10.5. The average molecular weight is 627 g/mol. The van der Waals surface area contributed by atoms with Crippen LogP contribution in [0.15, 0.2) is 0 Å². The first-order chi connectivity index (χ1) is 23.3. The summed E-state index contributed by atoms with van der Waals surface area (Å²) in [7, 11) is 0. The molecule has 0 heterocycles. The molecule has 250 valence electrons. The molecule has 0 saturated heterocycles. The van der Waals surface area contributed by atoms with E-state index in [2.05, 4.69) is 0 Å². The molecule has 0 aromatic rings. The molecule has 0 N–H and O–H groups in total. The summed E-state index contributed by atoms with van der Waals surface area (Å²) in [5.74, 6) is 27.0. The van der Waals surface area contributed by atoms with Crippen LogP contribution in [0, 0.1) is 157 Å². The van der Waals surface area contributed by atoms with Gasteiger partial charge >= 0.3 is 0 Å². The van der Waals surface area contributed by atoms with Crippen LogP contribution in [-0.4, -0.2) is 0 Å². The highest BCUT2D eigenvalue weighted by Gasteiger charge is 3.09. The minimum absolute atomic E-state index is 0.848. The van der Waals surface area contributed by atoms with Crippen molar-refractivity contribution in [2.45, 2.75) is 128 Å². The van der Waals surface area contributed by atoms with Crippen molar-refractivity contribution in [2.75, 3.05) is 0 Å². The molecule has 0 radical (unpaired) electrons. The molecule has 17 aliphatic rings. The second-order valence-electron chi connectivity index (χ2n) is 24.1. The lowest BCUT2D eigenvalue weighted by Crippen LogP contribution is -3.07. The maximum absolute atomic E-state index is 1.80. The lowest BCUT2D eigenvalue weighted by atomic mass is 8.93. The summed E-state index contributed by atoms with van der Waals surface area (Å²) < 4.78 is 0. The molecule has 27 atom stereocenters. The van der Waals surface area contributed by atoms with Gasteiger partial charge < -0.3 is 0 Å². The van der Waals surface area contributed by atoms with E-state index in [1.54, 1.807) is 128 Å². The molecule has 8 bridgehead atoms. The van der Waals surface area contributed by atoms with Crippen molar-refractivity contribution in [3.8, 4) is 0 Å². The number of rotatable bonds is 0. The molecule has 0 amide bonds. The Morgan fingerprint density at radius 3 is 1.98 bits per heavy atom. The Hall–Kier alpha value is 0. The van der Waals surface area contributed by atoms with E-state index in [9.17, 15) is 0 Å². The van der Waals surface area contributed by atoms with Gasteiger partial charge in [-0.15, -0.1) is 0 Å². The lowest BCUT2D eigenvalue weighted by Gasteiger charge is -3.11. The zero-order valence-corrected chi connectivity index (χ0v) is 29.3. The second kappa shape index (κ2) is 6.92. The fourth-order valence-corrected chi connectivity index (χ4v) is 27.8. The van der Waals surface area contributed by atoms with Crippen LogP contribution >= 0.6 is 0 Å². The topological polar surface area (TPSA) is 0 Å². The summed E-state index contributed by atoms with van der Waals surface area (Å²) in [6, 6.07) is 0. The lowest BCUT2D eigenvalue weighted by molar-refractivity contribution is -0.646. The van der Waals surface area contributed by atoms with Gasteiger partial charge in [-0.05, 0) is 234 Å². The molecule has 17 saturated carbocycles. The largest absolute Gasteiger partial charge is 0.0530 e. The van der Waals surface area contributed by atoms with Crippen molar-refractivity contribution in [3.63, 3.8) is 0 Å². The van der Waals surface area contributed by atoms with Gasteiger partial charge in [-0.25, -0.2) is 0 Å². The molecular weight excluding hydrogens is 565 g/mol. The van der Waals surface area contributed by atoms with E-state index in [0.717, 1.165) is 50.7 Å². The van der Waals surface area contributed by atoms with Crippen LogP contribution in [0.5, 0.6) is 0 Å². The van der Waals surface area contributed by atoms with Crippen molar-refractivity contribution in [2.24, 2.45) is 157 Å². The third kappa shape index (κ3) is 1.77. The first kappa shape index (κ1) is 25.1. The molecule has 0 heteroatoms. The number of hydrogen-bond donors (Lipinski definition) is 0.